The van der Waals surface area contributed by atoms with Gasteiger partial charge in [-0.2, -0.15) is 0 Å². The number of likely N-dealkylation sites (tertiary alicyclic amines) is 1. The van der Waals surface area contributed by atoms with Crippen LogP contribution in [-0.2, 0) is 16.1 Å². The number of esters is 1. The van der Waals surface area contributed by atoms with Crippen molar-refractivity contribution < 1.29 is 23.1 Å². The van der Waals surface area contributed by atoms with Crippen LogP contribution in [0.4, 0.5) is 4.39 Å². The van der Waals surface area contributed by atoms with Crippen LogP contribution in [0.1, 0.15) is 29.6 Å². The number of carbonyl (C=O) groups is 2. The molecule has 7 nitrogen and oxygen atoms in total. The van der Waals surface area contributed by atoms with Crippen LogP contribution in [0, 0.1) is 11.7 Å². The number of piperidine rings is 1. The molecule has 1 aromatic heterocycles. The highest BCUT2D eigenvalue weighted by Gasteiger charge is 2.28. The van der Waals surface area contributed by atoms with Crippen molar-refractivity contribution in [3.63, 3.8) is 0 Å². The van der Waals surface area contributed by atoms with Gasteiger partial charge in [-0.25, -0.2) is 9.18 Å². The van der Waals surface area contributed by atoms with E-state index in [2.05, 4.69) is 0 Å². The summed E-state index contributed by atoms with van der Waals surface area (Å²) in [7, 11) is 0. The summed E-state index contributed by atoms with van der Waals surface area (Å²) in [5.74, 6) is -1.51. The number of ether oxygens (including phenoxy) is 1. The van der Waals surface area contributed by atoms with Gasteiger partial charge < -0.3 is 14.1 Å². The summed E-state index contributed by atoms with van der Waals surface area (Å²) < 4.78 is 25.1. The fourth-order valence-corrected chi connectivity index (χ4v) is 3.83. The van der Waals surface area contributed by atoms with E-state index in [1.807, 2.05) is 12.1 Å². The van der Waals surface area contributed by atoms with Crippen molar-refractivity contribution >= 4 is 23.0 Å². The highest BCUT2D eigenvalue weighted by molar-refractivity contribution is 5.94. The maximum absolute atomic E-state index is 13.0. The molecule has 2 aromatic carbocycles. The number of aryl methyl sites for hydroxylation is 1. The number of hydrogen-bond donors (Lipinski definition) is 0. The number of halogens is 1. The number of carbonyl (C=O) groups excluding carboxylic acids is 2. The van der Waals surface area contributed by atoms with Gasteiger partial charge in [0, 0.05) is 25.2 Å². The third-order valence-corrected chi connectivity index (χ3v) is 5.55. The van der Waals surface area contributed by atoms with Gasteiger partial charge in [0.2, 0.25) is 0 Å². The maximum Gasteiger partial charge on any atom is 0.419 e. The van der Waals surface area contributed by atoms with Crippen LogP contribution in [0.3, 0.4) is 0 Å². The van der Waals surface area contributed by atoms with Gasteiger partial charge in [0.05, 0.1) is 18.0 Å². The summed E-state index contributed by atoms with van der Waals surface area (Å²) >= 11 is 0. The lowest BCUT2D eigenvalue weighted by Gasteiger charge is -2.31. The van der Waals surface area contributed by atoms with Crippen LogP contribution in [0.25, 0.3) is 11.1 Å². The first-order valence-electron chi connectivity index (χ1n) is 10.3. The van der Waals surface area contributed by atoms with Gasteiger partial charge in [-0.3, -0.25) is 14.2 Å². The van der Waals surface area contributed by atoms with Gasteiger partial charge in [-0.15, -0.1) is 0 Å². The molecule has 31 heavy (non-hydrogen) atoms. The van der Waals surface area contributed by atoms with E-state index in [4.69, 9.17) is 9.15 Å². The molecule has 1 aliphatic rings. The van der Waals surface area contributed by atoms with Crippen LogP contribution >= 0.6 is 0 Å². The first-order chi connectivity index (χ1) is 15.0. The molecule has 3 aromatic rings. The molecule has 0 saturated carbocycles. The van der Waals surface area contributed by atoms with Gasteiger partial charge in [0.25, 0.3) is 5.91 Å². The zero-order chi connectivity index (χ0) is 21.8. The third kappa shape index (κ3) is 4.68. The third-order valence-electron chi connectivity index (χ3n) is 5.55. The van der Waals surface area contributed by atoms with Crippen LogP contribution in [-0.4, -0.2) is 41.0 Å². The molecule has 0 radical (unpaired) electrons. The van der Waals surface area contributed by atoms with E-state index in [-0.39, 0.29) is 30.2 Å². The molecule has 0 aliphatic carbocycles. The molecular formula is C23H23FN2O5. The Morgan fingerprint density at radius 1 is 1.06 bits per heavy atom. The summed E-state index contributed by atoms with van der Waals surface area (Å²) in [4.78, 5) is 38.5. The van der Waals surface area contributed by atoms with E-state index < -0.39 is 5.76 Å². The van der Waals surface area contributed by atoms with Crippen LogP contribution in [0.15, 0.2) is 57.7 Å². The van der Waals surface area contributed by atoms with Gasteiger partial charge >= 0.3 is 11.7 Å². The average Bonchev–Trinajstić information content (AvgIpc) is 3.11. The summed E-state index contributed by atoms with van der Waals surface area (Å²) in [6.07, 6.45) is 1.55. The van der Waals surface area contributed by atoms with Crippen LogP contribution in [0.5, 0.6) is 0 Å². The number of fused-ring (bicyclic) bond motifs is 1. The molecule has 1 aliphatic heterocycles. The van der Waals surface area contributed by atoms with Crippen molar-refractivity contribution in [1.82, 2.24) is 9.47 Å². The minimum Gasteiger partial charge on any atom is -0.465 e. The smallest absolute Gasteiger partial charge is 0.419 e. The SMILES string of the molecule is O=C(OCCCn1c(=O)oc2ccccc21)C1CCN(C(=O)c2ccc(F)cc2)CC1. The number of amides is 1. The van der Waals surface area contributed by atoms with Crippen molar-refractivity contribution in [3.05, 3.63) is 70.5 Å². The molecule has 1 amide bonds. The van der Waals surface area contributed by atoms with Crippen molar-refractivity contribution in [2.75, 3.05) is 19.7 Å². The van der Waals surface area contributed by atoms with Gasteiger partial charge in [0.15, 0.2) is 5.58 Å². The Balaban J connectivity index is 1.22. The number of nitrogens with zero attached hydrogens (tertiary/aromatic N) is 2. The molecule has 1 saturated heterocycles. The number of benzene rings is 2. The summed E-state index contributed by atoms with van der Waals surface area (Å²) in [5, 5.41) is 0. The standard InChI is InChI=1S/C23H23FN2O5/c24-18-8-6-16(7-9-18)21(27)25-13-10-17(11-14-25)22(28)30-15-3-12-26-19-4-1-2-5-20(19)31-23(26)29/h1-2,4-9,17H,3,10-15H2. The highest BCUT2D eigenvalue weighted by Crippen LogP contribution is 2.21. The molecular weight excluding hydrogens is 403 g/mol. The molecule has 0 bridgehead atoms. The Hall–Kier alpha value is -3.42. The Bertz CT molecular complexity index is 1130. The average molecular weight is 426 g/mol. The lowest BCUT2D eigenvalue weighted by molar-refractivity contribution is -0.150. The second-order valence-electron chi connectivity index (χ2n) is 7.58. The van der Waals surface area contributed by atoms with E-state index in [1.54, 1.807) is 17.0 Å². The van der Waals surface area contributed by atoms with Crippen molar-refractivity contribution in [2.24, 2.45) is 5.92 Å². The molecule has 0 unspecified atom stereocenters. The molecule has 1 fully saturated rings. The molecule has 4 rings (SSSR count). The molecule has 162 valence electrons. The Kier molecular flexibility index (Phi) is 6.16. The maximum atomic E-state index is 13.0. The van der Waals surface area contributed by atoms with Crippen LogP contribution < -0.4 is 5.76 Å². The quantitative estimate of drug-likeness (QED) is 0.447. The minimum atomic E-state index is -0.425. The second kappa shape index (κ2) is 9.16. The van der Waals surface area contributed by atoms with Gasteiger partial charge in [-0.1, -0.05) is 12.1 Å². The number of aromatic nitrogens is 1. The predicted molar refractivity (Wildman–Crippen MR) is 111 cm³/mol. The Morgan fingerprint density at radius 3 is 2.52 bits per heavy atom. The van der Waals surface area contributed by atoms with Crippen molar-refractivity contribution in [3.8, 4) is 0 Å². The van der Waals surface area contributed by atoms with Crippen molar-refractivity contribution in [2.45, 2.75) is 25.8 Å². The van der Waals surface area contributed by atoms with Crippen molar-refractivity contribution in [1.29, 1.82) is 0 Å². The van der Waals surface area contributed by atoms with Crippen LogP contribution in [0.2, 0.25) is 0 Å². The number of hydrogen-bond acceptors (Lipinski definition) is 5. The number of oxazole rings is 1. The summed E-state index contributed by atoms with van der Waals surface area (Å²) in [6.45, 7) is 1.51. The Morgan fingerprint density at radius 2 is 1.77 bits per heavy atom. The normalized spacial score (nSPS) is 14.7. The minimum absolute atomic E-state index is 0.162. The molecule has 2 heterocycles. The van der Waals surface area contributed by atoms with E-state index in [0.29, 0.717) is 50.0 Å². The van der Waals surface area contributed by atoms with E-state index >= 15 is 0 Å². The monoisotopic (exact) mass is 426 g/mol. The zero-order valence-corrected chi connectivity index (χ0v) is 17.0. The lowest BCUT2D eigenvalue weighted by Crippen LogP contribution is -2.40. The molecule has 0 spiro atoms. The Labute approximate surface area is 178 Å². The highest BCUT2D eigenvalue weighted by atomic mass is 19.1. The zero-order valence-electron chi connectivity index (χ0n) is 17.0. The molecule has 0 atom stereocenters. The summed E-state index contributed by atoms with van der Waals surface area (Å²) in [5.41, 5.74) is 1.69. The largest absolute Gasteiger partial charge is 0.465 e. The molecule has 8 heteroatoms. The fraction of sp³-hybridized carbons (Fsp3) is 0.348. The lowest BCUT2D eigenvalue weighted by atomic mass is 9.96. The summed E-state index contributed by atoms with van der Waals surface area (Å²) in [6, 6.07) is 12.6. The molecule has 0 N–H and O–H groups in total. The fourth-order valence-electron chi connectivity index (χ4n) is 3.83. The van der Waals surface area contributed by atoms with E-state index in [0.717, 1.165) is 5.52 Å². The predicted octanol–water partition coefficient (Wildman–Crippen LogP) is 3.22. The first kappa shape index (κ1) is 20.8. The van der Waals surface area contributed by atoms with E-state index in [1.165, 1.54) is 28.8 Å². The number of para-hydroxylation sites is 2. The topological polar surface area (TPSA) is 81.8 Å². The van der Waals surface area contributed by atoms with Gasteiger partial charge in [0.1, 0.15) is 5.82 Å². The first-order valence-corrected chi connectivity index (χ1v) is 10.3. The second-order valence-corrected chi connectivity index (χ2v) is 7.58. The van der Waals surface area contributed by atoms with E-state index in [9.17, 15) is 18.8 Å². The van der Waals surface area contributed by atoms with Gasteiger partial charge in [-0.05, 0) is 55.7 Å². The number of rotatable bonds is 6.